The molecule has 7 heteroatoms. The van der Waals surface area contributed by atoms with E-state index >= 15 is 0 Å². The van der Waals surface area contributed by atoms with Gasteiger partial charge in [0.25, 0.3) is 5.91 Å². The van der Waals surface area contributed by atoms with Crippen LogP contribution < -0.4 is 19.5 Å². The Morgan fingerprint density at radius 3 is 2.71 bits per heavy atom. The van der Waals surface area contributed by atoms with E-state index in [4.69, 9.17) is 30.5 Å². The third kappa shape index (κ3) is 3.25. The first-order chi connectivity index (χ1) is 11.6. The van der Waals surface area contributed by atoms with Gasteiger partial charge in [-0.3, -0.25) is 4.79 Å². The highest BCUT2D eigenvalue weighted by molar-refractivity contribution is 6.32. The summed E-state index contributed by atoms with van der Waals surface area (Å²) in [6, 6.07) is 8.39. The highest BCUT2D eigenvalue weighted by Crippen LogP contribution is 2.36. The Kier molecular flexibility index (Phi) is 4.78. The van der Waals surface area contributed by atoms with Gasteiger partial charge in [-0.05, 0) is 24.3 Å². The van der Waals surface area contributed by atoms with Gasteiger partial charge in [-0.1, -0.05) is 11.6 Å². The van der Waals surface area contributed by atoms with Gasteiger partial charge in [0.05, 0.1) is 31.5 Å². The second-order valence-electron chi connectivity index (χ2n) is 5.07. The number of nitrogens with one attached hydrogen (secondary N) is 1. The Morgan fingerprint density at radius 1 is 1.17 bits per heavy atom. The van der Waals surface area contributed by atoms with Crippen molar-refractivity contribution in [1.29, 1.82) is 0 Å². The summed E-state index contributed by atoms with van der Waals surface area (Å²) in [6.07, 6.45) is 0. The summed E-state index contributed by atoms with van der Waals surface area (Å²) >= 11 is 6.12. The minimum absolute atomic E-state index is 0.222. The quantitative estimate of drug-likeness (QED) is 0.915. The molecule has 0 fully saturated rings. The van der Waals surface area contributed by atoms with E-state index in [1.165, 1.54) is 14.2 Å². The molecule has 1 amide bonds. The Morgan fingerprint density at radius 2 is 1.96 bits per heavy atom. The SMILES string of the molecule is COc1cc(OC)c(NC(=O)c2ccc3c(c2)COCO3)cc1Cl. The second kappa shape index (κ2) is 6.98. The molecule has 3 rings (SSSR count). The van der Waals surface area contributed by atoms with Gasteiger partial charge in [0.15, 0.2) is 6.79 Å². The van der Waals surface area contributed by atoms with Crippen LogP contribution >= 0.6 is 11.6 Å². The van der Waals surface area contributed by atoms with E-state index in [1.54, 1.807) is 30.3 Å². The van der Waals surface area contributed by atoms with E-state index in [-0.39, 0.29) is 12.7 Å². The fourth-order valence-electron chi connectivity index (χ4n) is 2.38. The lowest BCUT2D eigenvalue weighted by atomic mass is 10.1. The molecule has 1 aliphatic rings. The van der Waals surface area contributed by atoms with Gasteiger partial charge in [-0.15, -0.1) is 0 Å². The number of fused-ring (bicyclic) bond motifs is 1. The minimum Gasteiger partial charge on any atom is -0.495 e. The predicted octanol–water partition coefficient (Wildman–Crippen LogP) is 3.48. The monoisotopic (exact) mass is 349 g/mol. The van der Waals surface area contributed by atoms with Crippen molar-refractivity contribution in [3.8, 4) is 17.2 Å². The number of carbonyl (C=O) groups excluding carboxylic acids is 1. The van der Waals surface area contributed by atoms with Crippen LogP contribution in [0, 0.1) is 0 Å². The zero-order chi connectivity index (χ0) is 17.1. The first-order valence-corrected chi connectivity index (χ1v) is 7.56. The lowest BCUT2D eigenvalue weighted by Gasteiger charge is -2.18. The van der Waals surface area contributed by atoms with Crippen molar-refractivity contribution in [3.05, 3.63) is 46.5 Å². The summed E-state index contributed by atoms with van der Waals surface area (Å²) in [4.78, 5) is 12.5. The summed E-state index contributed by atoms with van der Waals surface area (Å²) in [6.45, 7) is 0.633. The normalized spacial score (nSPS) is 12.8. The molecule has 1 aliphatic heterocycles. The molecule has 2 aromatic rings. The molecule has 0 radical (unpaired) electrons. The number of benzene rings is 2. The third-order valence-electron chi connectivity index (χ3n) is 3.60. The molecule has 0 spiro atoms. The van der Waals surface area contributed by atoms with Crippen LogP contribution in [0.25, 0.3) is 0 Å². The molecule has 0 saturated carbocycles. The van der Waals surface area contributed by atoms with Gasteiger partial charge < -0.3 is 24.3 Å². The van der Waals surface area contributed by atoms with Crippen molar-refractivity contribution in [2.24, 2.45) is 0 Å². The molecule has 0 saturated heterocycles. The van der Waals surface area contributed by atoms with Crippen molar-refractivity contribution in [3.63, 3.8) is 0 Å². The number of carbonyl (C=O) groups is 1. The molecular weight excluding hydrogens is 334 g/mol. The van der Waals surface area contributed by atoms with Crippen molar-refractivity contribution >= 4 is 23.2 Å². The van der Waals surface area contributed by atoms with Crippen LogP contribution in [0.3, 0.4) is 0 Å². The number of halogens is 1. The highest BCUT2D eigenvalue weighted by Gasteiger charge is 2.16. The first kappa shape index (κ1) is 16.4. The van der Waals surface area contributed by atoms with Gasteiger partial charge in [-0.25, -0.2) is 0 Å². The molecule has 0 bridgehead atoms. The van der Waals surface area contributed by atoms with Crippen molar-refractivity contribution in [2.45, 2.75) is 6.61 Å². The van der Waals surface area contributed by atoms with Crippen molar-refractivity contribution in [1.82, 2.24) is 0 Å². The summed E-state index contributed by atoms with van der Waals surface area (Å²) < 4.78 is 21.0. The molecule has 126 valence electrons. The maximum atomic E-state index is 12.5. The predicted molar refractivity (Wildman–Crippen MR) is 89.2 cm³/mol. The van der Waals surface area contributed by atoms with Gasteiger partial charge >= 0.3 is 0 Å². The molecule has 1 heterocycles. The Hall–Kier alpha value is -2.44. The largest absolute Gasteiger partial charge is 0.495 e. The van der Waals surface area contributed by atoms with Gasteiger partial charge in [0, 0.05) is 17.2 Å². The molecule has 0 aromatic heterocycles. The molecule has 0 unspecified atom stereocenters. The molecule has 0 atom stereocenters. The third-order valence-corrected chi connectivity index (χ3v) is 3.90. The molecule has 1 N–H and O–H groups in total. The standard InChI is InChI=1S/C17H16ClNO5/c1-21-15-7-16(22-2)13(6-12(15)18)19-17(20)10-3-4-14-11(5-10)8-23-9-24-14/h3-7H,8-9H2,1-2H3,(H,19,20). The van der Waals surface area contributed by atoms with Crippen LogP contribution in [-0.4, -0.2) is 26.9 Å². The maximum absolute atomic E-state index is 12.5. The van der Waals surface area contributed by atoms with E-state index in [2.05, 4.69) is 5.32 Å². The average molecular weight is 350 g/mol. The van der Waals surface area contributed by atoms with Crippen LogP contribution in [0.4, 0.5) is 5.69 Å². The number of ether oxygens (including phenoxy) is 4. The lowest BCUT2D eigenvalue weighted by Crippen LogP contribution is -2.15. The highest BCUT2D eigenvalue weighted by atomic mass is 35.5. The molecule has 2 aromatic carbocycles. The Labute approximate surface area is 144 Å². The van der Waals surface area contributed by atoms with E-state index in [9.17, 15) is 4.79 Å². The van der Waals surface area contributed by atoms with Gasteiger partial charge in [0.1, 0.15) is 17.2 Å². The summed E-state index contributed by atoms with van der Waals surface area (Å²) in [5, 5.41) is 3.17. The minimum atomic E-state index is -0.289. The topological polar surface area (TPSA) is 66.0 Å². The fraction of sp³-hybridized carbons (Fsp3) is 0.235. The van der Waals surface area contributed by atoms with E-state index < -0.39 is 0 Å². The van der Waals surface area contributed by atoms with Crippen LogP contribution in [0.15, 0.2) is 30.3 Å². The molecule has 6 nitrogen and oxygen atoms in total. The summed E-state index contributed by atoms with van der Waals surface area (Å²) in [7, 11) is 3.02. The molecule has 0 aliphatic carbocycles. The number of hydrogen-bond acceptors (Lipinski definition) is 5. The smallest absolute Gasteiger partial charge is 0.255 e. The average Bonchev–Trinajstić information content (AvgIpc) is 2.61. The van der Waals surface area contributed by atoms with Crippen molar-refractivity contribution in [2.75, 3.05) is 26.3 Å². The fourth-order valence-corrected chi connectivity index (χ4v) is 2.62. The van der Waals surface area contributed by atoms with Crippen LogP contribution in [0.2, 0.25) is 5.02 Å². The Bertz CT molecular complexity index is 778. The lowest BCUT2D eigenvalue weighted by molar-refractivity contribution is -0.0163. The number of rotatable bonds is 4. The number of hydrogen-bond donors (Lipinski definition) is 1. The Balaban J connectivity index is 1.86. The zero-order valence-electron chi connectivity index (χ0n) is 13.2. The van der Waals surface area contributed by atoms with Crippen LogP contribution in [0.5, 0.6) is 17.2 Å². The van der Waals surface area contributed by atoms with E-state index in [0.29, 0.717) is 34.4 Å². The summed E-state index contributed by atoms with van der Waals surface area (Å²) in [5.41, 5.74) is 1.77. The van der Waals surface area contributed by atoms with E-state index in [1.807, 2.05) is 0 Å². The number of methoxy groups -OCH3 is 2. The molecule has 24 heavy (non-hydrogen) atoms. The van der Waals surface area contributed by atoms with E-state index in [0.717, 1.165) is 11.3 Å². The zero-order valence-corrected chi connectivity index (χ0v) is 14.0. The van der Waals surface area contributed by atoms with Gasteiger partial charge in [0.2, 0.25) is 0 Å². The maximum Gasteiger partial charge on any atom is 0.255 e. The van der Waals surface area contributed by atoms with Gasteiger partial charge in [-0.2, -0.15) is 0 Å². The number of amides is 1. The van der Waals surface area contributed by atoms with Crippen molar-refractivity contribution < 1.29 is 23.7 Å². The first-order valence-electron chi connectivity index (χ1n) is 7.18. The van der Waals surface area contributed by atoms with Crippen LogP contribution in [-0.2, 0) is 11.3 Å². The molecular formula is C17H16ClNO5. The second-order valence-corrected chi connectivity index (χ2v) is 5.48. The van der Waals surface area contributed by atoms with Crippen LogP contribution in [0.1, 0.15) is 15.9 Å². The number of anilines is 1. The summed E-state index contributed by atoms with van der Waals surface area (Å²) in [5.74, 6) is 1.36.